The van der Waals surface area contributed by atoms with E-state index in [1.807, 2.05) is 0 Å². The highest BCUT2D eigenvalue weighted by Crippen LogP contribution is 2.66. The molecule has 0 aliphatic heterocycles. The predicted octanol–water partition coefficient (Wildman–Crippen LogP) is 0.854. The molecule has 0 aromatic carbocycles. The summed E-state index contributed by atoms with van der Waals surface area (Å²) in [4.78, 5) is 8.30. The molecule has 9 heavy (non-hydrogen) atoms. The summed E-state index contributed by atoms with van der Waals surface area (Å²) in [5.41, 5.74) is 0. The van der Waals surface area contributed by atoms with Crippen molar-refractivity contribution < 1.29 is 23.1 Å². The van der Waals surface area contributed by atoms with Gasteiger partial charge in [0.05, 0.1) is 0 Å². The van der Waals surface area contributed by atoms with E-state index in [1.54, 1.807) is 0 Å². The van der Waals surface area contributed by atoms with Crippen molar-refractivity contribution in [1.29, 1.82) is 0 Å². The Kier molecular flexibility index (Phi) is 3.63. The van der Waals surface area contributed by atoms with Gasteiger partial charge >= 0.3 is 7.28 Å². The zero-order valence-corrected chi connectivity index (χ0v) is 6.92. The van der Waals surface area contributed by atoms with Crippen LogP contribution in [0.5, 0.6) is 0 Å². The first-order valence-electron chi connectivity index (χ1n) is 2.02. The molecule has 0 aromatic heterocycles. The minimum Gasteiger partial charge on any atom is -0.338 e. The lowest BCUT2D eigenvalue weighted by Gasteiger charge is -2.07. The fourth-order valence-electron chi connectivity index (χ4n) is 0.231. The summed E-state index contributed by atoms with van der Waals surface area (Å²) in [7, 11) is -4.75. The molecule has 0 bridgehead atoms. The SMILES string of the molecule is COP(=O)(OC)[PH](=O)O. The van der Waals surface area contributed by atoms with Gasteiger partial charge in [-0.2, -0.15) is 0 Å². The first-order chi connectivity index (χ1) is 4.06. The minimum atomic E-state index is -3.65. The molecule has 1 unspecified atom stereocenters. The van der Waals surface area contributed by atoms with Crippen LogP contribution in [0.15, 0.2) is 0 Å². The lowest BCUT2D eigenvalue weighted by atomic mass is 11.8. The Balaban J connectivity index is 4.30. The summed E-state index contributed by atoms with van der Waals surface area (Å²) in [6, 6.07) is 0. The molecule has 0 fully saturated rings. The van der Waals surface area contributed by atoms with Crippen molar-refractivity contribution in [3.63, 3.8) is 0 Å². The second-order valence-corrected chi connectivity index (χ2v) is 6.23. The fourth-order valence-corrected chi connectivity index (χ4v) is 1.63. The van der Waals surface area contributed by atoms with Crippen LogP contribution in [0.1, 0.15) is 0 Å². The largest absolute Gasteiger partial charge is 0.409 e. The van der Waals surface area contributed by atoms with Crippen molar-refractivity contribution in [2.45, 2.75) is 0 Å². The zero-order chi connectivity index (χ0) is 7.49. The van der Waals surface area contributed by atoms with E-state index < -0.39 is 15.0 Å². The molecule has 1 atom stereocenters. The minimum absolute atomic E-state index is 1.06. The zero-order valence-electron chi connectivity index (χ0n) is 5.03. The van der Waals surface area contributed by atoms with Gasteiger partial charge in [-0.25, -0.2) is 4.57 Å². The summed E-state index contributed by atoms with van der Waals surface area (Å²) in [6.07, 6.45) is 0. The van der Waals surface area contributed by atoms with Crippen molar-refractivity contribution in [3.8, 4) is 0 Å². The van der Waals surface area contributed by atoms with Gasteiger partial charge in [0.1, 0.15) is 0 Å². The molecular formula is C2H8O5P2. The van der Waals surface area contributed by atoms with Crippen LogP contribution in [0.4, 0.5) is 0 Å². The highest BCUT2D eigenvalue weighted by Gasteiger charge is 2.27. The molecule has 0 saturated heterocycles. The van der Waals surface area contributed by atoms with E-state index in [-0.39, 0.29) is 0 Å². The van der Waals surface area contributed by atoms with Crippen molar-refractivity contribution in [2.75, 3.05) is 14.2 Å². The normalized spacial score (nSPS) is 15.4. The third-order valence-corrected chi connectivity index (χ3v) is 4.65. The third-order valence-electron chi connectivity index (χ3n) is 0.715. The van der Waals surface area contributed by atoms with Crippen LogP contribution in [-0.2, 0) is 18.2 Å². The topological polar surface area (TPSA) is 72.8 Å². The van der Waals surface area contributed by atoms with Crippen molar-refractivity contribution in [1.82, 2.24) is 0 Å². The molecule has 0 aromatic rings. The van der Waals surface area contributed by atoms with Crippen LogP contribution in [0, 0.1) is 0 Å². The fraction of sp³-hybridized carbons (Fsp3) is 1.00. The quantitative estimate of drug-likeness (QED) is 0.642. The Morgan fingerprint density at radius 2 is 1.78 bits per heavy atom. The molecule has 0 aliphatic carbocycles. The lowest BCUT2D eigenvalue weighted by molar-refractivity contribution is 0.288. The van der Waals surface area contributed by atoms with Crippen molar-refractivity contribution >= 4 is 15.0 Å². The van der Waals surface area contributed by atoms with Crippen molar-refractivity contribution in [2.24, 2.45) is 0 Å². The molecule has 0 radical (unpaired) electrons. The van der Waals surface area contributed by atoms with Gasteiger partial charge in [0.15, 0.2) is 0 Å². The molecule has 5 nitrogen and oxygen atoms in total. The Hall–Kier alpha value is 0.340. The van der Waals surface area contributed by atoms with Crippen LogP contribution in [0.25, 0.3) is 0 Å². The Bertz CT molecular complexity index is 145. The average molecular weight is 174 g/mol. The van der Waals surface area contributed by atoms with Gasteiger partial charge in [-0.15, -0.1) is 0 Å². The van der Waals surface area contributed by atoms with E-state index in [0.29, 0.717) is 0 Å². The summed E-state index contributed by atoms with van der Waals surface area (Å²) in [5, 5.41) is 0. The number of hydrogen-bond donors (Lipinski definition) is 1. The first-order valence-corrected chi connectivity index (χ1v) is 5.76. The van der Waals surface area contributed by atoms with Gasteiger partial charge in [-0.1, -0.05) is 0 Å². The summed E-state index contributed by atoms with van der Waals surface area (Å²) in [5.74, 6) is 0. The Labute approximate surface area is 53.3 Å². The summed E-state index contributed by atoms with van der Waals surface area (Å²) < 4.78 is 29.2. The van der Waals surface area contributed by atoms with E-state index in [9.17, 15) is 9.13 Å². The molecule has 0 saturated carbocycles. The Morgan fingerprint density at radius 3 is 1.78 bits per heavy atom. The van der Waals surface area contributed by atoms with E-state index in [0.717, 1.165) is 14.2 Å². The Morgan fingerprint density at radius 1 is 1.44 bits per heavy atom. The molecule has 0 aliphatic rings. The maximum Gasteiger partial charge on any atom is 0.409 e. The van der Waals surface area contributed by atoms with Crippen LogP contribution < -0.4 is 0 Å². The molecule has 56 valence electrons. The second-order valence-electron chi connectivity index (χ2n) is 1.15. The monoisotopic (exact) mass is 174 g/mol. The number of hydrogen-bond acceptors (Lipinski definition) is 4. The van der Waals surface area contributed by atoms with Crippen LogP contribution >= 0.6 is 15.0 Å². The van der Waals surface area contributed by atoms with Gasteiger partial charge in [0.25, 0.3) is 7.72 Å². The van der Waals surface area contributed by atoms with Crippen LogP contribution in [0.3, 0.4) is 0 Å². The molecule has 0 heterocycles. The maximum absolute atomic E-state index is 10.7. The van der Waals surface area contributed by atoms with E-state index >= 15 is 0 Å². The molecule has 0 amide bonds. The third kappa shape index (κ3) is 2.20. The standard InChI is InChI=1S/C2H8O5P2/c1-6-9(5,7-2)8(3)4/h8H,1-2H3,(H,3,4). The van der Waals surface area contributed by atoms with Gasteiger partial charge in [0.2, 0.25) is 0 Å². The number of rotatable bonds is 3. The van der Waals surface area contributed by atoms with E-state index in [2.05, 4.69) is 9.05 Å². The summed E-state index contributed by atoms with van der Waals surface area (Å²) >= 11 is 0. The van der Waals surface area contributed by atoms with Gasteiger partial charge < -0.3 is 13.9 Å². The summed E-state index contributed by atoms with van der Waals surface area (Å²) in [6.45, 7) is 0. The lowest BCUT2D eigenvalue weighted by Crippen LogP contribution is -1.81. The van der Waals surface area contributed by atoms with E-state index in [4.69, 9.17) is 4.89 Å². The van der Waals surface area contributed by atoms with Gasteiger partial charge in [0, 0.05) is 14.2 Å². The van der Waals surface area contributed by atoms with Crippen molar-refractivity contribution in [3.05, 3.63) is 0 Å². The molecule has 1 N–H and O–H groups in total. The van der Waals surface area contributed by atoms with Crippen LogP contribution in [-0.4, -0.2) is 19.1 Å². The highest BCUT2D eigenvalue weighted by molar-refractivity contribution is 8.20. The maximum atomic E-state index is 10.7. The molecular weight excluding hydrogens is 166 g/mol. The average Bonchev–Trinajstić information content (AvgIpc) is 1.86. The first kappa shape index (κ1) is 9.34. The highest BCUT2D eigenvalue weighted by atomic mass is 32.1. The smallest absolute Gasteiger partial charge is 0.338 e. The van der Waals surface area contributed by atoms with E-state index in [1.165, 1.54) is 0 Å². The van der Waals surface area contributed by atoms with Gasteiger partial charge in [-0.05, 0) is 0 Å². The van der Waals surface area contributed by atoms with Crippen LogP contribution in [0.2, 0.25) is 0 Å². The molecule has 7 heteroatoms. The second kappa shape index (κ2) is 3.49. The molecule has 0 spiro atoms. The molecule has 0 rings (SSSR count). The van der Waals surface area contributed by atoms with Gasteiger partial charge in [-0.3, -0.25) is 4.57 Å². The predicted molar refractivity (Wildman–Crippen MR) is 32.8 cm³/mol.